The van der Waals surface area contributed by atoms with Gasteiger partial charge in [0.15, 0.2) is 0 Å². The first kappa shape index (κ1) is 14.1. The highest BCUT2D eigenvalue weighted by atomic mass is 16.3. The van der Waals surface area contributed by atoms with Crippen LogP contribution in [0.5, 0.6) is 0 Å². The van der Waals surface area contributed by atoms with Crippen molar-refractivity contribution in [2.45, 2.75) is 20.3 Å². The van der Waals surface area contributed by atoms with Crippen LogP contribution in [0.1, 0.15) is 28.7 Å². The number of amides is 1. The van der Waals surface area contributed by atoms with Crippen molar-refractivity contribution < 1.29 is 9.21 Å². The lowest BCUT2D eigenvalue weighted by Gasteiger charge is -2.08. The van der Waals surface area contributed by atoms with Crippen molar-refractivity contribution in [1.29, 1.82) is 0 Å². The van der Waals surface area contributed by atoms with Gasteiger partial charge in [-0.25, -0.2) is 4.98 Å². The maximum atomic E-state index is 12.1. The summed E-state index contributed by atoms with van der Waals surface area (Å²) in [5.74, 6) is 1.49. The SMILES string of the molecule is CCNc1cc(C(=O)NCCc2ccco2)cc(C)n1. The van der Waals surface area contributed by atoms with E-state index in [4.69, 9.17) is 4.42 Å². The third-order valence-electron chi connectivity index (χ3n) is 2.81. The van der Waals surface area contributed by atoms with Gasteiger partial charge >= 0.3 is 0 Å². The predicted octanol–water partition coefficient (Wildman–Crippen LogP) is 2.39. The Labute approximate surface area is 118 Å². The van der Waals surface area contributed by atoms with Gasteiger partial charge in [-0.15, -0.1) is 0 Å². The predicted molar refractivity (Wildman–Crippen MR) is 77.9 cm³/mol. The summed E-state index contributed by atoms with van der Waals surface area (Å²) < 4.78 is 5.22. The Morgan fingerprint density at radius 1 is 1.40 bits per heavy atom. The highest BCUT2D eigenvalue weighted by Gasteiger charge is 2.08. The van der Waals surface area contributed by atoms with E-state index in [1.807, 2.05) is 26.0 Å². The first-order chi connectivity index (χ1) is 9.69. The molecule has 5 nitrogen and oxygen atoms in total. The monoisotopic (exact) mass is 273 g/mol. The van der Waals surface area contributed by atoms with Gasteiger partial charge in [0.05, 0.1) is 6.26 Å². The number of anilines is 1. The molecule has 2 aromatic heterocycles. The summed E-state index contributed by atoms with van der Waals surface area (Å²) in [4.78, 5) is 16.4. The Morgan fingerprint density at radius 3 is 2.95 bits per heavy atom. The van der Waals surface area contributed by atoms with E-state index in [1.165, 1.54) is 0 Å². The van der Waals surface area contributed by atoms with Gasteiger partial charge in [-0.1, -0.05) is 0 Å². The van der Waals surface area contributed by atoms with Gasteiger partial charge in [0, 0.05) is 30.8 Å². The van der Waals surface area contributed by atoms with Crippen LogP contribution in [-0.4, -0.2) is 24.0 Å². The zero-order valence-corrected chi connectivity index (χ0v) is 11.8. The molecule has 1 amide bonds. The van der Waals surface area contributed by atoms with Crippen molar-refractivity contribution in [1.82, 2.24) is 10.3 Å². The van der Waals surface area contributed by atoms with E-state index in [9.17, 15) is 4.79 Å². The fourth-order valence-corrected chi connectivity index (χ4v) is 1.93. The number of hydrogen-bond donors (Lipinski definition) is 2. The quantitative estimate of drug-likeness (QED) is 0.848. The molecule has 0 aliphatic heterocycles. The Kier molecular flexibility index (Phi) is 4.76. The largest absolute Gasteiger partial charge is 0.469 e. The van der Waals surface area contributed by atoms with Crippen molar-refractivity contribution in [2.75, 3.05) is 18.4 Å². The number of carbonyl (C=O) groups excluding carboxylic acids is 1. The molecule has 20 heavy (non-hydrogen) atoms. The highest BCUT2D eigenvalue weighted by Crippen LogP contribution is 2.10. The summed E-state index contributed by atoms with van der Waals surface area (Å²) in [5.41, 5.74) is 1.44. The van der Waals surface area contributed by atoms with E-state index in [-0.39, 0.29) is 5.91 Å². The molecule has 0 aliphatic carbocycles. The molecule has 0 fully saturated rings. The van der Waals surface area contributed by atoms with Crippen LogP contribution in [0.2, 0.25) is 0 Å². The molecule has 0 aliphatic rings. The van der Waals surface area contributed by atoms with Gasteiger partial charge in [0.2, 0.25) is 0 Å². The van der Waals surface area contributed by atoms with E-state index in [0.29, 0.717) is 18.5 Å². The Balaban J connectivity index is 1.94. The maximum absolute atomic E-state index is 12.1. The van der Waals surface area contributed by atoms with Gasteiger partial charge in [-0.05, 0) is 38.1 Å². The molecule has 0 atom stereocenters. The normalized spacial score (nSPS) is 10.3. The molecule has 2 rings (SSSR count). The van der Waals surface area contributed by atoms with Crippen molar-refractivity contribution in [2.24, 2.45) is 0 Å². The van der Waals surface area contributed by atoms with Crippen LogP contribution >= 0.6 is 0 Å². The summed E-state index contributed by atoms with van der Waals surface area (Å²) in [5, 5.41) is 6.00. The molecule has 0 spiro atoms. The van der Waals surface area contributed by atoms with E-state index in [2.05, 4.69) is 15.6 Å². The van der Waals surface area contributed by atoms with Crippen LogP contribution in [0.4, 0.5) is 5.82 Å². The minimum atomic E-state index is -0.0961. The average molecular weight is 273 g/mol. The van der Waals surface area contributed by atoms with E-state index >= 15 is 0 Å². The number of aryl methyl sites for hydroxylation is 1. The minimum absolute atomic E-state index is 0.0961. The summed E-state index contributed by atoms with van der Waals surface area (Å²) in [7, 11) is 0. The summed E-state index contributed by atoms with van der Waals surface area (Å²) in [6.07, 6.45) is 2.31. The number of carbonyl (C=O) groups is 1. The van der Waals surface area contributed by atoms with Crippen LogP contribution in [0.3, 0.4) is 0 Å². The molecule has 2 N–H and O–H groups in total. The number of pyridine rings is 1. The van der Waals surface area contributed by atoms with Gasteiger partial charge in [-0.3, -0.25) is 4.79 Å². The van der Waals surface area contributed by atoms with Gasteiger partial charge in [-0.2, -0.15) is 0 Å². The lowest BCUT2D eigenvalue weighted by atomic mass is 10.2. The average Bonchev–Trinajstić information content (AvgIpc) is 2.91. The molecular weight excluding hydrogens is 254 g/mol. The molecule has 2 aromatic rings. The van der Waals surface area contributed by atoms with Crippen LogP contribution < -0.4 is 10.6 Å². The second kappa shape index (κ2) is 6.75. The fourth-order valence-electron chi connectivity index (χ4n) is 1.93. The molecule has 0 aromatic carbocycles. The smallest absolute Gasteiger partial charge is 0.251 e. The van der Waals surface area contributed by atoms with Gasteiger partial charge < -0.3 is 15.1 Å². The molecule has 5 heteroatoms. The van der Waals surface area contributed by atoms with Crippen molar-refractivity contribution >= 4 is 11.7 Å². The summed E-state index contributed by atoms with van der Waals surface area (Å²) >= 11 is 0. The second-order valence-corrected chi connectivity index (χ2v) is 4.50. The summed E-state index contributed by atoms with van der Waals surface area (Å²) in [6, 6.07) is 7.28. The number of aromatic nitrogens is 1. The van der Waals surface area contributed by atoms with Crippen LogP contribution in [-0.2, 0) is 6.42 Å². The molecule has 2 heterocycles. The first-order valence-corrected chi connectivity index (χ1v) is 6.72. The van der Waals surface area contributed by atoms with E-state index in [1.54, 1.807) is 18.4 Å². The topological polar surface area (TPSA) is 67.2 Å². The number of nitrogens with one attached hydrogen (secondary N) is 2. The van der Waals surface area contributed by atoms with Crippen LogP contribution in [0.25, 0.3) is 0 Å². The van der Waals surface area contributed by atoms with Gasteiger partial charge in [0.1, 0.15) is 11.6 Å². The zero-order chi connectivity index (χ0) is 14.4. The fraction of sp³-hybridized carbons (Fsp3) is 0.333. The van der Waals surface area contributed by atoms with Crippen molar-refractivity contribution in [3.63, 3.8) is 0 Å². The van der Waals surface area contributed by atoms with Crippen molar-refractivity contribution in [3.05, 3.63) is 47.5 Å². The number of nitrogens with zero attached hydrogens (tertiary/aromatic N) is 1. The third kappa shape index (κ3) is 3.85. The lowest BCUT2D eigenvalue weighted by molar-refractivity contribution is 0.0953. The number of hydrogen-bond acceptors (Lipinski definition) is 4. The zero-order valence-electron chi connectivity index (χ0n) is 11.8. The molecule has 0 unspecified atom stereocenters. The molecule has 106 valence electrons. The minimum Gasteiger partial charge on any atom is -0.469 e. The molecular formula is C15H19N3O2. The van der Waals surface area contributed by atoms with E-state index in [0.717, 1.165) is 23.8 Å². The lowest BCUT2D eigenvalue weighted by Crippen LogP contribution is -2.26. The van der Waals surface area contributed by atoms with Crippen LogP contribution in [0.15, 0.2) is 34.9 Å². The number of furan rings is 1. The number of rotatable bonds is 6. The highest BCUT2D eigenvalue weighted by molar-refractivity contribution is 5.95. The third-order valence-corrected chi connectivity index (χ3v) is 2.81. The van der Waals surface area contributed by atoms with Gasteiger partial charge in [0.25, 0.3) is 5.91 Å². The molecule has 0 radical (unpaired) electrons. The standard InChI is InChI=1S/C15H19N3O2/c1-3-16-14-10-12(9-11(2)18-14)15(19)17-7-6-13-5-4-8-20-13/h4-5,8-10H,3,6-7H2,1-2H3,(H,16,18)(H,17,19). The maximum Gasteiger partial charge on any atom is 0.251 e. The molecule has 0 saturated carbocycles. The Morgan fingerprint density at radius 2 is 2.25 bits per heavy atom. The molecule has 0 bridgehead atoms. The van der Waals surface area contributed by atoms with Crippen molar-refractivity contribution in [3.8, 4) is 0 Å². The van der Waals surface area contributed by atoms with Crippen LogP contribution in [0, 0.1) is 6.92 Å². The van der Waals surface area contributed by atoms with E-state index < -0.39 is 0 Å². The Bertz CT molecular complexity index is 565. The Hall–Kier alpha value is -2.30. The second-order valence-electron chi connectivity index (χ2n) is 4.50. The summed E-state index contributed by atoms with van der Waals surface area (Å²) in [6.45, 7) is 5.19. The first-order valence-electron chi connectivity index (χ1n) is 6.72. The molecule has 0 saturated heterocycles.